The molecule has 1 unspecified atom stereocenters. The molecule has 13 heteroatoms. The van der Waals surface area contributed by atoms with E-state index < -0.39 is 33.4 Å². The molecule has 1 aliphatic carbocycles. The third kappa shape index (κ3) is 7.75. The molecule has 4 rings (SSSR count). The predicted octanol–water partition coefficient (Wildman–Crippen LogP) is 5.35. The highest BCUT2D eigenvalue weighted by Gasteiger charge is 2.34. The van der Waals surface area contributed by atoms with Crippen LogP contribution < -0.4 is 14.4 Å². The van der Waals surface area contributed by atoms with Crippen LogP contribution in [0, 0.1) is 17.0 Å². The van der Waals surface area contributed by atoms with E-state index in [-0.39, 0.29) is 34.8 Å². The molecule has 0 bridgehead atoms. The van der Waals surface area contributed by atoms with Crippen LogP contribution in [0.2, 0.25) is 0 Å². The second kappa shape index (κ2) is 14.2. The number of hydrogen-bond donors (Lipinski definition) is 1. The minimum absolute atomic E-state index is 0.0306. The number of rotatable bonds is 12. The van der Waals surface area contributed by atoms with Crippen LogP contribution in [0.15, 0.2) is 76.1 Å². The standard InChI is InChI=1S/C31H35BrN4O7S/c1-21-8-17-28(18-29(21)36(39)40)44(41,42)35(26-13-15-27(43-3)16-14-26)20-30(37)34(19-23-9-11-24(32)12-10-23)22(2)31(38)33-25-6-4-5-7-25/h8-18,22,25H,4-7,19-20H2,1-3H3,(H,33,38). The molecule has 3 aromatic carbocycles. The SMILES string of the molecule is COc1ccc(N(CC(=O)N(Cc2ccc(Br)cc2)C(C)C(=O)NC2CCCC2)S(=O)(=O)c2ccc(C)c([N+](=O)[O-])c2)cc1. The number of carbonyl (C=O) groups excluding carboxylic acids is 2. The Labute approximate surface area is 265 Å². The number of carbonyl (C=O) groups is 2. The van der Waals surface area contributed by atoms with Crippen LogP contribution in [-0.2, 0) is 26.2 Å². The van der Waals surface area contributed by atoms with Crippen LogP contribution in [0.1, 0.15) is 43.7 Å². The van der Waals surface area contributed by atoms with Crippen molar-refractivity contribution < 1.29 is 27.7 Å². The van der Waals surface area contributed by atoms with Crippen LogP contribution in [-0.4, -0.2) is 55.8 Å². The van der Waals surface area contributed by atoms with Crippen molar-refractivity contribution in [3.05, 3.63) is 92.4 Å². The molecule has 3 aromatic rings. The van der Waals surface area contributed by atoms with E-state index in [9.17, 15) is 28.1 Å². The van der Waals surface area contributed by atoms with Gasteiger partial charge in [0, 0.05) is 28.7 Å². The summed E-state index contributed by atoms with van der Waals surface area (Å²) < 4.78 is 35.1. The highest BCUT2D eigenvalue weighted by atomic mass is 79.9. The summed E-state index contributed by atoms with van der Waals surface area (Å²) in [6.45, 7) is 2.53. The van der Waals surface area contributed by atoms with Gasteiger partial charge >= 0.3 is 0 Å². The van der Waals surface area contributed by atoms with Gasteiger partial charge in [-0.3, -0.25) is 24.0 Å². The fourth-order valence-corrected chi connectivity index (χ4v) is 6.81. The number of benzene rings is 3. The largest absolute Gasteiger partial charge is 0.497 e. The zero-order valence-electron chi connectivity index (χ0n) is 24.7. The average Bonchev–Trinajstić information content (AvgIpc) is 3.52. The number of anilines is 1. The normalized spacial score (nSPS) is 14.1. The van der Waals surface area contributed by atoms with E-state index >= 15 is 0 Å². The highest BCUT2D eigenvalue weighted by Crippen LogP contribution is 2.30. The number of sulfonamides is 1. The van der Waals surface area contributed by atoms with E-state index in [0.29, 0.717) is 11.3 Å². The monoisotopic (exact) mass is 686 g/mol. The Bertz CT molecular complexity index is 1610. The fraction of sp³-hybridized carbons (Fsp3) is 0.355. The van der Waals surface area contributed by atoms with E-state index in [4.69, 9.17) is 4.74 Å². The number of methoxy groups -OCH3 is 1. The van der Waals surface area contributed by atoms with Gasteiger partial charge in [-0.05, 0) is 74.7 Å². The van der Waals surface area contributed by atoms with Crippen LogP contribution in [0.3, 0.4) is 0 Å². The third-order valence-corrected chi connectivity index (χ3v) is 10.0. The molecule has 0 heterocycles. The van der Waals surface area contributed by atoms with Crippen molar-refractivity contribution in [1.29, 1.82) is 0 Å². The topological polar surface area (TPSA) is 139 Å². The zero-order valence-corrected chi connectivity index (χ0v) is 27.1. The number of nitrogens with zero attached hydrogens (tertiary/aromatic N) is 3. The molecule has 1 aliphatic rings. The fourth-order valence-electron chi connectivity index (χ4n) is 5.11. The number of ether oxygens (including phenoxy) is 1. The molecule has 11 nitrogen and oxygen atoms in total. The van der Waals surface area contributed by atoms with Crippen molar-refractivity contribution in [1.82, 2.24) is 10.2 Å². The van der Waals surface area contributed by atoms with Crippen molar-refractivity contribution in [2.24, 2.45) is 0 Å². The molecule has 1 N–H and O–H groups in total. The van der Waals surface area contributed by atoms with Crippen molar-refractivity contribution in [2.75, 3.05) is 18.0 Å². The molecule has 0 aliphatic heterocycles. The first-order valence-corrected chi connectivity index (χ1v) is 16.4. The molecular weight excluding hydrogens is 652 g/mol. The van der Waals surface area contributed by atoms with Crippen LogP contribution in [0.4, 0.5) is 11.4 Å². The summed E-state index contributed by atoms with van der Waals surface area (Å²) in [6, 6.07) is 16.1. The number of halogens is 1. The molecule has 2 amide bonds. The predicted molar refractivity (Wildman–Crippen MR) is 170 cm³/mol. The number of hydrogen-bond acceptors (Lipinski definition) is 7. The number of nitrogens with one attached hydrogen (secondary N) is 1. The Morgan fingerprint density at radius 1 is 1.07 bits per heavy atom. The smallest absolute Gasteiger partial charge is 0.273 e. The van der Waals surface area contributed by atoms with Crippen molar-refractivity contribution in [2.45, 2.75) is 63.1 Å². The maximum absolute atomic E-state index is 14.1. The van der Waals surface area contributed by atoms with E-state index in [1.165, 1.54) is 43.2 Å². The first-order valence-electron chi connectivity index (χ1n) is 14.2. The molecule has 1 saturated carbocycles. The lowest BCUT2D eigenvalue weighted by atomic mass is 10.1. The highest BCUT2D eigenvalue weighted by molar-refractivity contribution is 9.10. The van der Waals surface area contributed by atoms with E-state index in [2.05, 4.69) is 21.2 Å². The van der Waals surface area contributed by atoms with Crippen molar-refractivity contribution in [3.8, 4) is 5.75 Å². The molecular formula is C31H35BrN4O7S. The van der Waals surface area contributed by atoms with Gasteiger partial charge in [0.15, 0.2) is 0 Å². The maximum atomic E-state index is 14.1. The average molecular weight is 688 g/mol. The lowest BCUT2D eigenvalue weighted by molar-refractivity contribution is -0.385. The molecule has 1 atom stereocenters. The zero-order chi connectivity index (χ0) is 32.0. The first-order chi connectivity index (χ1) is 20.9. The lowest BCUT2D eigenvalue weighted by Gasteiger charge is -2.32. The maximum Gasteiger partial charge on any atom is 0.273 e. The Morgan fingerprint density at radius 3 is 2.30 bits per heavy atom. The summed E-state index contributed by atoms with van der Waals surface area (Å²) in [5.41, 5.74) is 0.828. The number of amides is 2. The molecule has 0 spiro atoms. The van der Waals surface area contributed by atoms with Gasteiger partial charge in [-0.2, -0.15) is 0 Å². The molecule has 0 saturated heterocycles. The molecule has 44 heavy (non-hydrogen) atoms. The van der Waals surface area contributed by atoms with E-state index in [1.54, 1.807) is 19.1 Å². The van der Waals surface area contributed by atoms with E-state index in [0.717, 1.165) is 46.1 Å². The first kappa shape index (κ1) is 32.9. The Morgan fingerprint density at radius 2 is 1.70 bits per heavy atom. The second-order valence-electron chi connectivity index (χ2n) is 10.7. The van der Waals surface area contributed by atoms with Gasteiger partial charge in [0.1, 0.15) is 18.3 Å². The number of nitro benzene ring substituents is 1. The Kier molecular flexibility index (Phi) is 10.6. The van der Waals surface area contributed by atoms with Crippen LogP contribution >= 0.6 is 15.9 Å². The summed E-state index contributed by atoms with van der Waals surface area (Å²) in [5.74, 6) is -0.476. The summed E-state index contributed by atoms with van der Waals surface area (Å²) in [4.78, 5) is 39.4. The molecule has 0 radical (unpaired) electrons. The molecule has 234 valence electrons. The Hall–Kier alpha value is -3.97. The van der Waals surface area contributed by atoms with Gasteiger partial charge in [0.25, 0.3) is 15.7 Å². The lowest BCUT2D eigenvalue weighted by Crippen LogP contribution is -2.52. The summed E-state index contributed by atoms with van der Waals surface area (Å²) in [7, 11) is -3.02. The van der Waals surface area contributed by atoms with Gasteiger partial charge in [0.05, 0.1) is 22.6 Å². The quantitative estimate of drug-likeness (QED) is 0.200. The summed E-state index contributed by atoms with van der Waals surface area (Å²) in [6.07, 6.45) is 3.77. The van der Waals surface area contributed by atoms with Crippen molar-refractivity contribution in [3.63, 3.8) is 0 Å². The van der Waals surface area contributed by atoms with Gasteiger partial charge in [-0.25, -0.2) is 8.42 Å². The summed E-state index contributed by atoms with van der Waals surface area (Å²) in [5, 5.41) is 14.7. The second-order valence-corrected chi connectivity index (χ2v) is 13.5. The van der Waals surface area contributed by atoms with Crippen LogP contribution in [0.5, 0.6) is 5.75 Å². The minimum atomic E-state index is -4.48. The third-order valence-electron chi connectivity index (χ3n) is 7.74. The van der Waals surface area contributed by atoms with Crippen molar-refractivity contribution >= 4 is 49.1 Å². The number of nitro groups is 1. The van der Waals surface area contributed by atoms with Gasteiger partial charge in [0.2, 0.25) is 11.8 Å². The van der Waals surface area contributed by atoms with Gasteiger partial charge in [-0.15, -0.1) is 0 Å². The van der Waals surface area contributed by atoms with E-state index in [1.807, 2.05) is 24.3 Å². The minimum Gasteiger partial charge on any atom is -0.497 e. The number of aryl methyl sites for hydroxylation is 1. The molecule has 1 fully saturated rings. The van der Waals surface area contributed by atoms with Gasteiger partial charge < -0.3 is 15.0 Å². The molecule has 0 aromatic heterocycles. The van der Waals surface area contributed by atoms with Gasteiger partial charge in [-0.1, -0.05) is 47.0 Å². The Balaban J connectivity index is 1.73. The summed E-state index contributed by atoms with van der Waals surface area (Å²) >= 11 is 3.40. The van der Waals surface area contributed by atoms with Crippen LogP contribution in [0.25, 0.3) is 0 Å².